The second-order valence-electron chi connectivity index (χ2n) is 7.94. The van der Waals surface area contributed by atoms with E-state index in [1.54, 1.807) is 9.62 Å². The van der Waals surface area contributed by atoms with E-state index in [2.05, 4.69) is 5.32 Å². The first-order valence-electron chi connectivity index (χ1n) is 9.24. The van der Waals surface area contributed by atoms with E-state index < -0.39 is 27.2 Å². The molecule has 0 saturated carbocycles. The highest BCUT2D eigenvalue weighted by Crippen LogP contribution is 2.22. The van der Waals surface area contributed by atoms with Crippen LogP contribution in [-0.2, 0) is 14.8 Å². The SMILES string of the molecule is CC(C)(C)OC(=O)N1CCCC(N)C1.O=S(=O)(NC1CCCNC1)C(F)(F)F. The number of hydrogen-bond acceptors (Lipinski definition) is 6. The van der Waals surface area contributed by atoms with E-state index >= 15 is 0 Å². The van der Waals surface area contributed by atoms with Gasteiger partial charge in [-0.15, -0.1) is 0 Å². The predicted molar refractivity (Wildman–Crippen MR) is 99.0 cm³/mol. The molecule has 0 spiro atoms. The minimum Gasteiger partial charge on any atom is -0.444 e. The Labute approximate surface area is 164 Å². The lowest BCUT2D eigenvalue weighted by Crippen LogP contribution is -2.49. The van der Waals surface area contributed by atoms with Gasteiger partial charge in [-0.3, -0.25) is 0 Å². The van der Waals surface area contributed by atoms with Crippen LogP contribution in [0.1, 0.15) is 46.5 Å². The van der Waals surface area contributed by atoms with Crippen LogP contribution in [-0.4, -0.2) is 68.8 Å². The summed E-state index contributed by atoms with van der Waals surface area (Å²) in [6.45, 7) is 7.95. The maximum atomic E-state index is 11.9. The molecule has 4 N–H and O–H groups in total. The number of hydrogen-bond donors (Lipinski definition) is 3. The van der Waals surface area contributed by atoms with Gasteiger partial charge in [-0.1, -0.05) is 0 Å². The molecule has 2 heterocycles. The van der Waals surface area contributed by atoms with E-state index in [1.807, 2.05) is 20.8 Å². The van der Waals surface area contributed by atoms with E-state index in [0.717, 1.165) is 19.4 Å². The molecule has 0 radical (unpaired) electrons. The lowest BCUT2D eigenvalue weighted by Gasteiger charge is -2.32. The van der Waals surface area contributed by atoms with Crippen LogP contribution in [0, 0.1) is 0 Å². The fourth-order valence-electron chi connectivity index (χ4n) is 2.74. The van der Waals surface area contributed by atoms with Crippen molar-refractivity contribution in [1.82, 2.24) is 14.9 Å². The van der Waals surface area contributed by atoms with Gasteiger partial charge in [0, 0.05) is 31.7 Å². The molecule has 8 nitrogen and oxygen atoms in total. The van der Waals surface area contributed by atoms with Crippen molar-refractivity contribution in [2.45, 2.75) is 69.6 Å². The number of ether oxygens (including phenoxy) is 1. The molecule has 2 atom stereocenters. The molecular weight excluding hydrogens is 401 g/mol. The van der Waals surface area contributed by atoms with Crippen LogP contribution in [0.2, 0.25) is 0 Å². The third-order valence-electron chi connectivity index (χ3n) is 4.03. The van der Waals surface area contributed by atoms with Gasteiger partial charge in [0.05, 0.1) is 0 Å². The molecule has 0 aromatic rings. The molecule has 0 aromatic heterocycles. The molecule has 2 rings (SSSR count). The second-order valence-corrected chi connectivity index (χ2v) is 9.64. The first-order valence-corrected chi connectivity index (χ1v) is 10.7. The average molecular weight is 433 g/mol. The number of alkyl halides is 3. The molecule has 28 heavy (non-hydrogen) atoms. The van der Waals surface area contributed by atoms with Crippen LogP contribution in [0.3, 0.4) is 0 Å². The monoisotopic (exact) mass is 432 g/mol. The zero-order chi connectivity index (χ0) is 21.6. The number of amides is 1. The van der Waals surface area contributed by atoms with Crippen molar-refractivity contribution in [2.75, 3.05) is 26.2 Å². The Hall–Kier alpha value is -1.11. The summed E-state index contributed by atoms with van der Waals surface area (Å²) in [6, 6.07) is -0.549. The third-order valence-corrected chi connectivity index (χ3v) is 5.29. The van der Waals surface area contributed by atoms with Gasteiger partial charge < -0.3 is 20.7 Å². The Morgan fingerprint density at radius 3 is 2.32 bits per heavy atom. The van der Waals surface area contributed by atoms with Gasteiger partial charge in [-0.2, -0.15) is 13.2 Å². The molecule has 166 valence electrons. The van der Waals surface area contributed by atoms with Gasteiger partial charge in [0.15, 0.2) is 0 Å². The molecular formula is C16H31F3N4O4S. The number of sulfonamides is 1. The van der Waals surface area contributed by atoms with E-state index in [1.165, 1.54) is 0 Å². The van der Waals surface area contributed by atoms with E-state index in [-0.39, 0.29) is 18.7 Å². The van der Waals surface area contributed by atoms with Gasteiger partial charge in [0.2, 0.25) is 0 Å². The van der Waals surface area contributed by atoms with E-state index in [4.69, 9.17) is 10.5 Å². The number of likely N-dealkylation sites (tertiary alicyclic amines) is 1. The summed E-state index contributed by atoms with van der Waals surface area (Å²) < 4.78 is 63.9. The van der Waals surface area contributed by atoms with Crippen LogP contribution in [0.25, 0.3) is 0 Å². The van der Waals surface area contributed by atoms with Crippen LogP contribution in [0.5, 0.6) is 0 Å². The number of halogens is 3. The van der Waals surface area contributed by atoms with Gasteiger partial charge >= 0.3 is 21.6 Å². The van der Waals surface area contributed by atoms with Crippen molar-refractivity contribution in [2.24, 2.45) is 5.73 Å². The Morgan fingerprint density at radius 2 is 1.86 bits per heavy atom. The summed E-state index contributed by atoms with van der Waals surface area (Å²) in [6.07, 6.45) is 2.83. The second kappa shape index (κ2) is 10.1. The molecule has 2 aliphatic heterocycles. The van der Waals surface area contributed by atoms with E-state index in [9.17, 15) is 26.4 Å². The number of piperidine rings is 2. The summed E-state index contributed by atoms with van der Waals surface area (Å²) in [5, 5.41) is 2.81. The normalized spacial score (nSPS) is 24.2. The zero-order valence-electron chi connectivity index (χ0n) is 16.5. The zero-order valence-corrected chi connectivity index (χ0v) is 17.3. The van der Waals surface area contributed by atoms with Gasteiger partial charge in [0.1, 0.15) is 5.60 Å². The van der Waals surface area contributed by atoms with Crippen LogP contribution >= 0.6 is 0 Å². The lowest BCUT2D eigenvalue weighted by atomic mass is 10.1. The van der Waals surface area contributed by atoms with Crippen molar-refractivity contribution >= 4 is 16.1 Å². The molecule has 2 unspecified atom stereocenters. The first kappa shape index (κ1) is 24.9. The van der Waals surface area contributed by atoms with Crippen LogP contribution < -0.4 is 15.8 Å². The van der Waals surface area contributed by atoms with Crippen molar-refractivity contribution in [3.05, 3.63) is 0 Å². The Morgan fingerprint density at radius 1 is 1.21 bits per heavy atom. The largest absolute Gasteiger partial charge is 0.511 e. The van der Waals surface area contributed by atoms with E-state index in [0.29, 0.717) is 25.9 Å². The highest BCUT2D eigenvalue weighted by molar-refractivity contribution is 7.90. The number of nitrogens with two attached hydrogens (primary N) is 1. The van der Waals surface area contributed by atoms with Crippen molar-refractivity contribution in [3.8, 4) is 0 Å². The summed E-state index contributed by atoms with van der Waals surface area (Å²) in [5.74, 6) is 0. The molecule has 1 amide bonds. The van der Waals surface area contributed by atoms with Crippen molar-refractivity contribution < 1.29 is 31.1 Å². The maximum absolute atomic E-state index is 11.9. The Bertz CT molecular complexity index is 602. The molecule has 12 heteroatoms. The molecule has 2 fully saturated rings. The molecule has 0 bridgehead atoms. The lowest BCUT2D eigenvalue weighted by molar-refractivity contribution is -0.0451. The molecule has 2 aliphatic rings. The topological polar surface area (TPSA) is 114 Å². The average Bonchev–Trinajstić information content (AvgIpc) is 2.53. The predicted octanol–water partition coefficient (Wildman–Crippen LogP) is 1.52. The number of carbonyl (C=O) groups excluding carboxylic acids is 1. The van der Waals surface area contributed by atoms with Gasteiger partial charge in [-0.05, 0) is 53.0 Å². The summed E-state index contributed by atoms with van der Waals surface area (Å²) >= 11 is 0. The van der Waals surface area contributed by atoms with Crippen molar-refractivity contribution in [1.29, 1.82) is 0 Å². The fourth-order valence-corrected chi connectivity index (χ4v) is 3.51. The highest BCUT2D eigenvalue weighted by atomic mass is 32.2. The van der Waals surface area contributed by atoms with Gasteiger partial charge in [0.25, 0.3) is 0 Å². The summed E-state index contributed by atoms with van der Waals surface area (Å²) in [5.41, 5.74) is 0.141. The van der Waals surface area contributed by atoms with Crippen molar-refractivity contribution in [3.63, 3.8) is 0 Å². The highest BCUT2D eigenvalue weighted by Gasteiger charge is 2.46. The quantitative estimate of drug-likeness (QED) is 0.610. The Kier molecular flexibility index (Phi) is 8.97. The smallest absolute Gasteiger partial charge is 0.444 e. The fraction of sp³-hybridized carbons (Fsp3) is 0.938. The standard InChI is InChI=1S/C10H20N2O2.C6H11F3N2O2S/c1-10(2,3)14-9(13)12-6-4-5-8(11)7-12;7-6(8,9)14(12,13)11-5-2-1-3-10-4-5/h8H,4-7,11H2,1-3H3;5,10-11H,1-4H2. The summed E-state index contributed by atoms with van der Waals surface area (Å²) in [7, 11) is -5.19. The number of carbonyl (C=O) groups is 1. The molecule has 0 aromatic carbocycles. The number of nitrogens with one attached hydrogen (secondary N) is 2. The minimum absolute atomic E-state index is 0.108. The Balaban J connectivity index is 0.000000280. The first-order chi connectivity index (χ1) is 12.7. The molecule has 0 aliphatic carbocycles. The summed E-state index contributed by atoms with van der Waals surface area (Å²) in [4.78, 5) is 13.3. The minimum atomic E-state index is -5.22. The third kappa shape index (κ3) is 8.93. The van der Waals surface area contributed by atoms with Crippen LogP contribution in [0.4, 0.5) is 18.0 Å². The maximum Gasteiger partial charge on any atom is 0.511 e. The molecule has 2 saturated heterocycles. The number of nitrogens with zero attached hydrogens (tertiary/aromatic N) is 1. The van der Waals surface area contributed by atoms with Gasteiger partial charge in [-0.25, -0.2) is 17.9 Å². The van der Waals surface area contributed by atoms with Crippen LogP contribution in [0.15, 0.2) is 0 Å². The number of rotatable bonds is 2.